The van der Waals surface area contributed by atoms with E-state index < -0.39 is 0 Å². The molecule has 0 N–H and O–H groups in total. The second-order valence-corrected chi connectivity index (χ2v) is 6.47. The van der Waals surface area contributed by atoms with Gasteiger partial charge in [0.25, 0.3) is 0 Å². The van der Waals surface area contributed by atoms with E-state index in [4.69, 9.17) is 14.2 Å². The number of rotatable bonds is 7. The van der Waals surface area contributed by atoms with E-state index in [2.05, 4.69) is 0 Å². The van der Waals surface area contributed by atoms with Crippen LogP contribution in [0.4, 0.5) is 0 Å². The van der Waals surface area contributed by atoms with Crippen LogP contribution >= 0.6 is 0 Å². The summed E-state index contributed by atoms with van der Waals surface area (Å²) in [6.07, 6.45) is 3.84. The fourth-order valence-corrected chi connectivity index (χ4v) is 2.97. The number of fused-ring (bicyclic) bond motifs is 1. The molecule has 146 valence electrons. The SMILES string of the molecule is COc1c(C=CC(=O)c2ccccc2)c(CCN(C)C(C)=O)cc2c1OCO2. The van der Waals surface area contributed by atoms with Gasteiger partial charge < -0.3 is 19.1 Å². The lowest BCUT2D eigenvalue weighted by atomic mass is 10.00. The number of hydrogen-bond donors (Lipinski definition) is 0. The fourth-order valence-electron chi connectivity index (χ4n) is 2.97. The van der Waals surface area contributed by atoms with Gasteiger partial charge in [-0.3, -0.25) is 9.59 Å². The summed E-state index contributed by atoms with van der Waals surface area (Å²) < 4.78 is 16.6. The molecule has 0 unspecified atom stereocenters. The van der Waals surface area contributed by atoms with Gasteiger partial charge in [0, 0.05) is 31.6 Å². The third-order valence-corrected chi connectivity index (χ3v) is 4.66. The van der Waals surface area contributed by atoms with Crippen LogP contribution in [-0.2, 0) is 11.2 Å². The molecule has 0 atom stereocenters. The molecule has 0 saturated carbocycles. The van der Waals surface area contributed by atoms with Gasteiger partial charge in [-0.1, -0.05) is 30.3 Å². The molecule has 1 aliphatic heterocycles. The maximum Gasteiger partial charge on any atom is 0.231 e. The van der Waals surface area contributed by atoms with Crippen molar-refractivity contribution in [2.45, 2.75) is 13.3 Å². The fraction of sp³-hybridized carbons (Fsp3) is 0.273. The molecular weight excluding hydrogens is 358 g/mol. The first-order valence-corrected chi connectivity index (χ1v) is 9.00. The molecule has 0 fully saturated rings. The normalized spacial score (nSPS) is 12.2. The lowest BCUT2D eigenvalue weighted by Gasteiger charge is -2.18. The zero-order chi connectivity index (χ0) is 20.1. The number of amides is 1. The Morgan fingerprint density at radius 2 is 1.96 bits per heavy atom. The second kappa shape index (κ2) is 8.61. The third kappa shape index (κ3) is 4.17. The van der Waals surface area contributed by atoms with Crippen LogP contribution in [0.3, 0.4) is 0 Å². The summed E-state index contributed by atoms with van der Waals surface area (Å²) in [6, 6.07) is 10.9. The molecule has 2 aromatic rings. The van der Waals surface area contributed by atoms with E-state index in [0.29, 0.717) is 35.8 Å². The van der Waals surface area contributed by atoms with Gasteiger partial charge in [-0.2, -0.15) is 0 Å². The van der Waals surface area contributed by atoms with Gasteiger partial charge in [0.05, 0.1) is 7.11 Å². The largest absolute Gasteiger partial charge is 0.492 e. The molecule has 3 rings (SSSR count). The van der Waals surface area contributed by atoms with Crippen LogP contribution in [0.15, 0.2) is 42.5 Å². The highest BCUT2D eigenvalue weighted by atomic mass is 16.7. The van der Waals surface area contributed by atoms with Crippen LogP contribution in [0, 0.1) is 0 Å². The van der Waals surface area contributed by atoms with Crippen molar-refractivity contribution in [3.8, 4) is 17.2 Å². The van der Waals surface area contributed by atoms with Crippen LogP contribution in [-0.4, -0.2) is 44.1 Å². The van der Waals surface area contributed by atoms with Crippen molar-refractivity contribution in [3.63, 3.8) is 0 Å². The minimum atomic E-state index is -0.105. The quantitative estimate of drug-likeness (QED) is 0.544. The Morgan fingerprint density at radius 1 is 1.21 bits per heavy atom. The zero-order valence-corrected chi connectivity index (χ0v) is 16.2. The van der Waals surface area contributed by atoms with Crippen LogP contribution < -0.4 is 14.2 Å². The van der Waals surface area contributed by atoms with Crippen LogP contribution in [0.5, 0.6) is 17.2 Å². The molecule has 1 amide bonds. The number of likely N-dealkylation sites (N-methyl/N-ethyl adjacent to an activating group) is 1. The summed E-state index contributed by atoms with van der Waals surface area (Å²) in [5, 5.41) is 0. The predicted octanol–water partition coefficient (Wildman–Crippen LogP) is 3.34. The molecule has 0 aromatic heterocycles. The minimum Gasteiger partial charge on any atom is -0.492 e. The van der Waals surface area contributed by atoms with Crippen molar-refractivity contribution in [1.29, 1.82) is 0 Å². The average Bonchev–Trinajstić information content (AvgIpc) is 3.18. The maximum atomic E-state index is 12.5. The van der Waals surface area contributed by atoms with Gasteiger partial charge in [0.2, 0.25) is 18.4 Å². The maximum absolute atomic E-state index is 12.5. The first-order valence-electron chi connectivity index (χ1n) is 9.00. The van der Waals surface area contributed by atoms with E-state index in [1.54, 1.807) is 37.3 Å². The summed E-state index contributed by atoms with van der Waals surface area (Å²) in [7, 11) is 3.31. The first kappa shape index (κ1) is 19.5. The molecule has 2 aromatic carbocycles. The van der Waals surface area contributed by atoms with Crippen LogP contribution in [0.2, 0.25) is 0 Å². The van der Waals surface area contributed by atoms with Crippen LogP contribution in [0.25, 0.3) is 6.08 Å². The van der Waals surface area contributed by atoms with E-state index in [1.807, 2.05) is 24.3 Å². The lowest BCUT2D eigenvalue weighted by molar-refractivity contribution is -0.127. The topological polar surface area (TPSA) is 65.1 Å². The minimum absolute atomic E-state index is 0.0101. The Morgan fingerprint density at radius 3 is 2.64 bits per heavy atom. The number of methoxy groups -OCH3 is 1. The zero-order valence-electron chi connectivity index (χ0n) is 16.2. The van der Waals surface area contributed by atoms with Gasteiger partial charge in [-0.05, 0) is 30.2 Å². The Labute approximate surface area is 164 Å². The molecule has 1 heterocycles. The number of hydrogen-bond acceptors (Lipinski definition) is 5. The number of carbonyl (C=O) groups excluding carboxylic acids is 2. The summed E-state index contributed by atoms with van der Waals surface area (Å²) in [5.74, 6) is 1.53. The average molecular weight is 381 g/mol. The van der Waals surface area contributed by atoms with E-state index in [9.17, 15) is 9.59 Å². The Bertz CT molecular complexity index is 905. The lowest BCUT2D eigenvalue weighted by Crippen LogP contribution is -2.26. The molecule has 0 radical (unpaired) electrons. The number of benzene rings is 2. The van der Waals surface area contributed by atoms with E-state index in [0.717, 1.165) is 11.1 Å². The second-order valence-electron chi connectivity index (χ2n) is 6.47. The standard InChI is InChI=1S/C22H23NO5/c1-15(24)23(2)12-11-17-13-20-22(28-14-27-20)21(26-3)18(17)9-10-19(25)16-7-5-4-6-8-16/h4-10,13H,11-12,14H2,1-3H3. The Balaban J connectivity index is 1.96. The van der Waals surface area contributed by atoms with Gasteiger partial charge in [0.15, 0.2) is 17.3 Å². The number of allylic oxidation sites excluding steroid dienone is 1. The Kier molecular flexibility index (Phi) is 5.99. The summed E-state index contributed by atoms with van der Waals surface area (Å²) in [5.41, 5.74) is 2.26. The van der Waals surface area contributed by atoms with Crippen molar-refractivity contribution in [2.24, 2.45) is 0 Å². The summed E-state index contributed by atoms with van der Waals surface area (Å²) in [6.45, 7) is 2.18. The van der Waals surface area contributed by atoms with Crippen molar-refractivity contribution in [1.82, 2.24) is 4.90 Å². The molecule has 6 heteroatoms. The highest BCUT2D eigenvalue weighted by molar-refractivity contribution is 6.07. The summed E-state index contributed by atoms with van der Waals surface area (Å²) in [4.78, 5) is 25.7. The Hall–Kier alpha value is -3.28. The van der Waals surface area contributed by atoms with Gasteiger partial charge in [-0.15, -0.1) is 0 Å². The molecule has 6 nitrogen and oxygen atoms in total. The highest BCUT2D eigenvalue weighted by Crippen LogP contribution is 2.45. The molecule has 28 heavy (non-hydrogen) atoms. The molecule has 0 bridgehead atoms. The summed E-state index contributed by atoms with van der Waals surface area (Å²) >= 11 is 0. The molecule has 0 aliphatic carbocycles. The number of nitrogens with zero attached hydrogens (tertiary/aromatic N) is 1. The van der Waals surface area contributed by atoms with Crippen LogP contribution in [0.1, 0.15) is 28.4 Å². The number of ether oxygens (including phenoxy) is 3. The smallest absolute Gasteiger partial charge is 0.231 e. The van der Waals surface area contributed by atoms with E-state index in [1.165, 1.54) is 13.0 Å². The highest BCUT2D eigenvalue weighted by Gasteiger charge is 2.24. The molecule has 0 saturated heterocycles. The molecule has 0 spiro atoms. The molecular formula is C22H23NO5. The number of ketones is 1. The van der Waals surface area contributed by atoms with Crippen molar-refractivity contribution >= 4 is 17.8 Å². The van der Waals surface area contributed by atoms with Crippen molar-refractivity contribution < 1.29 is 23.8 Å². The van der Waals surface area contributed by atoms with Crippen molar-refractivity contribution in [2.75, 3.05) is 27.5 Å². The van der Waals surface area contributed by atoms with Crippen molar-refractivity contribution in [3.05, 3.63) is 59.2 Å². The predicted molar refractivity (Wildman–Crippen MR) is 106 cm³/mol. The monoisotopic (exact) mass is 381 g/mol. The first-order chi connectivity index (χ1) is 13.5. The number of carbonyl (C=O) groups is 2. The van der Waals surface area contributed by atoms with E-state index in [-0.39, 0.29) is 18.5 Å². The van der Waals surface area contributed by atoms with Gasteiger partial charge >= 0.3 is 0 Å². The van der Waals surface area contributed by atoms with Gasteiger partial charge in [-0.25, -0.2) is 0 Å². The molecule has 1 aliphatic rings. The van der Waals surface area contributed by atoms with E-state index >= 15 is 0 Å². The third-order valence-electron chi connectivity index (χ3n) is 4.66. The van der Waals surface area contributed by atoms with Gasteiger partial charge in [0.1, 0.15) is 0 Å².